The van der Waals surface area contributed by atoms with Crippen LogP contribution in [0.15, 0.2) is 84.9 Å². The number of rotatable bonds is 6. The van der Waals surface area contributed by atoms with E-state index < -0.39 is 0 Å². The Morgan fingerprint density at radius 3 is 2.58 bits per heavy atom. The van der Waals surface area contributed by atoms with Gasteiger partial charge in [-0.25, -0.2) is 4.98 Å². The van der Waals surface area contributed by atoms with Gasteiger partial charge in [-0.05, 0) is 54.6 Å². The summed E-state index contributed by atoms with van der Waals surface area (Å²) in [5, 5.41) is 5.22. The summed E-state index contributed by atoms with van der Waals surface area (Å²) in [6.07, 6.45) is 0. The van der Waals surface area contributed by atoms with Crippen molar-refractivity contribution >= 4 is 33.4 Å². The van der Waals surface area contributed by atoms with Crippen LogP contribution in [0.25, 0.3) is 21.8 Å². The summed E-state index contributed by atoms with van der Waals surface area (Å²) in [6.45, 7) is 4.47. The number of fused-ring (bicyclic) bond motifs is 2. The van der Waals surface area contributed by atoms with E-state index >= 15 is 0 Å². The number of anilines is 1. The molecule has 1 N–H and O–H groups in total. The zero-order valence-electron chi connectivity index (χ0n) is 18.7. The smallest absolute Gasteiger partial charge is 0.244 e. The van der Waals surface area contributed by atoms with Crippen LogP contribution in [0.2, 0.25) is 0 Å². The Kier molecular flexibility index (Phi) is 5.53. The lowest BCUT2D eigenvalue weighted by Crippen LogP contribution is -2.21. The normalized spacial score (nSPS) is 11.1. The standard InChI is InChI=1S/C28H25N3O2/c1-19-9-7-14-23(20(19)2)30-28(32)17-31-25-15-6-5-13-24(25)29-27(31)18-33-26-16-8-11-21-10-3-4-12-22(21)26/h3-16H,17-18H2,1-2H3,(H,30,32). The SMILES string of the molecule is Cc1cccc(NC(=O)Cn2c(COc3cccc4ccccc34)nc3ccccc32)c1C. The van der Waals surface area contributed by atoms with Crippen LogP contribution in [-0.2, 0) is 17.9 Å². The predicted molar refractivity (Wildman–Crippen MR) is 133 cm³/mol. The van der Waals surface area contributed by atoms with Crippen LogP contribution < -0.4 is 10.1 Å². The number of imidazole rings is 1. The van der Waals surface area contributed by atoms with Crippen LogP contribution >= 0.6 is 0 Å². The summed E-state index contributed by atoms with van der Waals surface area (Å²) < 4.78 is 8.13. The average molecular weight is 436 g/mol. The fourth-order valence-electron chi connectivity index (χ4n) is 4.10. The molecule has 0 atom stereocenters. The first-order valence-corrected chi connectivity index (χ1v) is 11.0. The molecule has 5 aromatic rings. The van der Waals surface area contributed by atoms with E-state index in [-0.39, 0.29) is 19.1 Å². The number of ether oxygens (including phenoxy) is 1. The predicted octanol–water partition coefficient (Wildman–Crippen LogP) is 6.02. The number of nitrogens with one attached hydrogen (secondary N) is 1. The van der Waals surface area contributed by atoms with E-state index in [1.54, 1.807) is 0 Å². The van der Waals surface area contributed by atoms with E-state index in [0.29, 0.717) is 5.82 Å². The highest BCUT2D eigenvalue weighted by atomic mass is 16.5. The minimum Gasteiger partial charge on any atom is -0.485 e. The second-order valence-corrected chi connectivity index (χ2v) is 8.16. The number of aryl methyl sites for hydroxylation is 1. The molecule has 0 aliphatic carbocycles. The first kappa shape index (κ1) is 20.8. The molecule has 0 radical (unpaired) electrons. The van der Waals surface area contributed by atoms with E-state index in [1.807, 2.05) is 91.2 Å². The highest BCUT2D eigenvalue weighted by Crippen LogP contribution is 2.26. The Morgan fingerprint density at radius 2 is 1.67 bits per heavy atom. The lowest BCUT2D eigenvalue weighted by molar-refractivity contribution is -0.116. The molecule has 33 heavy (non-hydrogen) atoms. The zero-order chi connectivity index (χ0) is 22.8. The van der Waals surface area contributed by atoms with Gasteiger partial charge in [-0.1, -0.05) is 60.7 Å². The molecule has 4 aromatic carbocycles. The topological polar surface area (TPSA) is 56.2 Å². The average Bonchev–Trinajstić information content (AvgIpc) is 3.18. The molecule has 1 aromatic heterocycles. The molecule has 0 bridgehead atoms. The van der Waals surface area contributed by atoms with E-state index in [4.69, 9.17) is 9.72 Å². The monoisotopic (exact) mass is 435 g/mol. The first-order chi connectivity index (χ1) is 16.1. The van der Waals surface area contributed by atoms with Crippen LogP contribution in [0.1, 0.15) is 17.0 Å². The van der Waals surface area contributed by atoms with E-state index in [2.05, 4.69) is 17.4 Å². The fraction of sp³-hybridized carbons (Fsp3) is 0.143. The Bertz CT molecular complexity index is 1460. The van der Waals surface area contributed by atoms with Gasteiger partial charge in [0.25, 0.3) is 0 Å². The maximum atomic E-state index is 13.0. The van der Waals surface area contributed by atoms with E-state index in [0.717, 1.165) is 44.4 Å². The summed E-state index contributed by atoms with van der Waals surface area (Å²) in [5.74, 6) is 1.41. The van der Waals surface area contributed by atoms with Crippen molar-refractivity contribution in [2.24, 2.45) is 0 Å². The summed E-state index contributed by atoms with van der Waals surface area (Å²) in [6, 6.07) is 27.9. The molecule has 1 amide bonds. The zero-order valence-corrected chi connectivity index (χ0v) is 18.7. The number of para-hydroxylation sites is 2. The number of nitrogens with zero attached hydrogens (tertiary/aromatic N) is 2. The molecular formula is C28H25N3O2. The van der Waals surface area contributed by atoms with Gasteiger partial charge in [-0.3, -0.25) is 4.79 Å². The summed E-state index contributed by atoms with van der Waals surface area (Å²) in [4.78, 5) is 17.7. The molecule has 0 saturated heterocycles. The molecule has 0 spiro atoms. The van der Waals surface area contributed by atoms with Gasteiger partial charge in [0, 0.05) is 11.1 Å². The molecule has 164 valence electrons. The fourth-order valence-corrected chi connectivity index (χ4v) is 4.10. The van der Waals surface area contributed by atoms with Crippen molar-refractivity contribution in [3.63, 3.8) is 0 Å². The van der Waals surface area contributed by atoms with Crippen LogP contribution in [0.5, 0.6) is 5.75 Å². The number of aromatic nitrogens is 2. The molecular weight excluding hydrogens is 410 g/mol. The molecule has 1 heterocycles. The molecule has 5 heteroatoms. The summed E-state index contributed by atoms with van der Waals surface area (Å²) >= 11 is 0. The van der Waals surface area contributed by atoms with Crippen molar-refractivity contribution < 1.29 is 9.53 Å². The second kappa shape index (κ2) is 8.79. The highest BCUT2D eigenvalue weighted by Gasteiger charge is 2.15. The van der Waals surface area contributed by atoms with Gasteiger partial charge in [0.05, 0.1) is 11.0 Å². The maximum absolute atomic E-state index is 13.0. The Morgan fingerprint density at radius 1 is 0.909 bits per heavy atom. The second-order valence-electron chi connectivity index (χ2n) is 8.16. The van der Waals surface area contributed by atoms with Crippen LogP contribution in [0.3, 0.4) is 0 Å². The van der Waals surface area contributed by atoms with Crippen molar-refractivity contribution in [3.8, 4) is 5.75 Å². The number of carbonyl (C=O) groups excluding carboxylic acids is 1. The highest BCUT2D eigenvalue weighted by molar-refractivity contribution is 5.92. The van der Waals surface area contributed by atoms with Gasteiger partial charge in [-0.2, -0.15) is 0 Å². The minimum absolute atomic E-state index is 0.0988. The van der Waals surface area contributed by atoms with Crippen molar-refractivity contribution in [2.75, 3.05) is 5.32 Å². The molecule has 0 aliphatic heterocycles. The number of amides is 1. The lowest BCUT2D eigenvalue weighted by Gasteiger charge is -2.13. The molecule has 0 fully saturated rings. The number of benzene rings is 4. The largest absolute Gasteiger partial charge is 0.485 e. The van der Waals surface area contributed by atoms with E-state index in [1.165, 1.54) is 0 Å². The van der Waals surface area contributed by atoms with Crippen LogP contribution in [0.4, 0.5) is 5.69 Å². The van der Waals surface area contributed by atoms with Crippen molar-refractivity contribution in [2.45, 2.75) is 27.0 Å². The molecule has 0 aliphatic rings. The maximum Gasteiger partial charge on any atom is 0.244 e. The number of carbonyl (C=O) groups is 1. The number of hydrogen-bond acceptors (Lipinski definition) is 3. The number of hydrogen-bond donors (Lipinski definition) is 1. The summed E-state index contributed by atoms with van der Waals surface area (Å²) in [7, 11) is 0. The Labute approximate surface area is 192 Å². The Balaban J connectivity index is 1.42. The van der Waals surface area contributed by atoms with Crippen LogP contribution in [-0.4, -0.2) is 15.5 Å². The molecule has 5 rings (SSSR count). The van der Waals surface area contributed by atoms with Crippen LogP contribution in [0, 0.1) is 13.8 Å². The van der Waals surface area contributed by atoms with Gasteiger partial charge < -0.3 is 14.6 Å². The third-order valence-electron chi connectivity index (χ3n) is 6.02. The van der Waals surface area contributed by atoms with Crippen molar-refractivity contribution in [1.29, 1.82) is 0 Å². The molecule has 0 unspecified atom stereocenters. The Hall–Kier alpha value is -4.12. The minimum atomic E-state index is -0.0988. The molecule has 0 saturated carbocycles. The summed E-state index contributed by atoms with van der Waals surface area (Å²) in [5.41, 5.74) is 4.79. The van der Waals surface area contributed by atoms with Gasteiger partial charge in [-0.15, -0.1) is 0 Å². The van der Waals surface area contributed by atoms with Gasteiger partial charge in [0.2, 0.25) is 5.91 Å². The van der Waals surface area contributed by atoms with Crippen molar-refractivity contribution in [1.82, 2.24) is 9.55 Å². The van der Waals surface area contributed by atoms with Gasteiger partial charge in [0.1, 0.15) is 24.7 Å². The van der Waals surface area contributed by atoms with E-state index in [9.17, 15) is 4.79 Å². The van der Waals surface area contributed by atoms with Crippen molar-refractivity contribution in [3.05, 3.63) is 102 Å². The molecule has 5 nitrogen and oxygen atoms in total. The van der Waals surface area contributed by atoms with Gasteiger partial charge in [0.15, 0.2) is 0 Å². The third-order valence-corrected chi connectivity index (χ3v) is 6.02. The first-order valence-electron chi connectivity index (χ1n) is 11.0. The van der Waals surface area contributed by atoms with Gasteiger partial charge >= 0.3 is 0 Å². The quantitative estimate of drug-likeness (QED) is 0.355. The lowest BCUT2D eigenvalue weighted by atomic mass is 10.1. The third kappa shape index (κ3) is 4.17.